The second kappa shape index (κ2) is 4.72. The van der Waals surface area contributed by atoms with Gasteiger partial charge < -0.3 is 9.47 Å². The van der Waals surface area contributed by atoms with Gasteiger partial charge in [0.15, 0.2) is 0 Å². The lowest BCUT2D eigenvalue weighted by Gasteiger charge is -2.08. The van der Waals surface area contributed by atoms with Crippen molar-refractivity contribution in [1.29, 1.82) is 0 Å². The molecule has 0 aromatic heterocycles. The summed E-state index contributed by atoms with van der Waals surface area (Å²) in [5.41, 5.74) is -0.533. The molecule has 82 valence electrons. The van der Waals surface area contributed by atoms with Gasteiger partial charge in [-0.2, -0.15) is 0 Å². The normalized spacial score (nSPS) is 10.2. The fourth-order valence-electron chi connectivity index (χ4n) is 1.14. The first-order valence-electron chi connectivity index (χ1n) is 4.14. The van der Waals surface area contributed by atoms with Crippen LogP contribution in [0.15, 0.2) is 18.2 Å². The van der Waals surface area contributed by atoms with Gasteiger partial charge in [0, 0.05) is 5.56 Å². The van der Waals surface area contributed by atoms with Gasteiger partial charge in [0.1, 0.15) is 5.75 Å². The number of hydrogen-bond acceptors (Lipinski definition) is 3. The Balaban J connectivity index is 3.21. The molecule has 0 unspecified atom stereocenters. The zero-order chi connectivity index (χ0) is 11.4. The molecule has 15 heavy (non-hydrogen) atoms. The van der Waals surface area contributed by atoms with Crippen LogP contribution in [-0.4, -0.2) is 20.2 Å². The van der Waals surface area contributed by atoms with Gasteiger partial charge in [0.05, 0.1) is 19.8 Å². The molecule has 0 saturated carbocycles. The van der Waals surface area contributed by atoms with Crippen molar-refractivity contribution in [3.8, 4) is 5.75 Å². The van der Waals surface area contributed by atoms with Gasteiger partial charge in [-0.05, 0) is 18.2 Å². The van der Waals surface area contributed by atoms with E-state index in [9.17, 15) is 13.6 Å². The summed E-state index contributed by atoms with van der Waals surface area (Å²) in [7, 11) is 2.50. The van der Waals surface area contributed by atoms with Crippen LogP contribution in [-0.2, 0) is 4.74 Å². The van der Waals surface area contributed by atoms with Crippen LogP contribution in [0.4, 0.5) is 8.78 Å². The van der Waals surface area contributed by atoms with E-state index in [2.05, 4.69) is 4.74 Å². The molecular weight excluding hydrogens is 206 g/mol. The third-order valence-corrected chi connectivity index (χ3v) is 1.90. The summed E-state index contributed by atoms with van der Waals surface area (Å²) in [5.74, 6) is -0.508. The van der Waals surface area contributed by atoms with Crippen molar-refractivity contribution in [2.75, 3.05) is 14.2 Å². The molecule has 1 aromatic carbocycles. The third-order valence-electron chi connectivity index (χ3n) is 1.90. The first-order valence-corrected chi connectivity index (χ1v) is 4.14. The highest BCUT2D eigenvalue weighted by atomic mass is 19.3. The van der Waals surface area contributed by atoms with Crippen LogP contribution in [0.1, 0.15) is 22.3 Å². The molecule has 0 spiro atoms. The van der Waals surface area contributed by atoms with Gasteiger partial charge in [-0.15, -0.1) is 0 Å². The number of alkyl halides is 2. The van der Waals surface area contributed by atoms with Crippen molar-refractivity contribution in [2.45, 2.75) is 6.43 Å². The summed E-state index contributed by atoms with van der Waals surface area (Å²) in [5, 5.41) is 0. The van der Waals surface area contributed by atoms with Crippen molar-refractivity contribution in [3.05, 3.63) is 29.3 Å². The Labute approximate surface area is 85.6 Å². The quantitative estimate of drug-likeness (QED) is 0.728. The standard InChI is InChI=1S/C10H10F2O3/c1-14-6-3-4-7(10(13)15-2)8(5-6)9(11)12/h3-5,9H,1-2H3. The number of carbonyl (C=O) groups is 1. The summed E-state index contributed by atoms with van der Waals surface area (Å²) < 4.78 is 34.3. The molecule has 0 aliphatic rings. The van der Waals surface area contributed by atoms with Crippen molar-refractivity contribution in [3.63, 3.8) is 0 Å². The minimum Gasteiger partial charge on any atom is -0.497 e. The summed E-state index contributed by atoms with van der Waals surface area (Å²) in [4.78, 5) is 11.1. The second-order valence-electron chi connectivity index (χ2n) is 2.75. The topological polar surface area (TPSA) is 35.5 Å². The fraction of sp³-hybridized carbons (Fsp3) is 0.300. The Morgan fingerprint density at radius 2 is 2.00 bits per heavy atom. The van der Waals surface area contributed by atoms with Gasteiger partial charge in [0.2, 0.25) is 0 Å². The molecule has 0 bridgehead atoms. The maximum Gasteiger partial charge on any atom is 0.338 e. The highest BCUT2D eigenvalue weighted by Crippen LogP contribution is 2.27. The van der Waals surface area contributed by atoms with E-state index >= 15 is 0 Å². The number of methoxy groups -OCH3 is 2. The molecule has 0 aliphatic carbocycles. The molecule has 1 aromatic rings. The zero-order valence-electron chi connectivity index (χ0n) is 8.29. The summed E-state index contributed by atoms with van der Waals surface area (Å²) in [6.07, 6.45) is -2.74. The Bertz CT molecular complexity index is 364. The van der Waals surface area contributed by atoms with Gasteiger partial charge in [-0.1, -0.05) is 0 Å². The number of ether oxygens (including phenoxy) is 2. The Kier molecular flexibility index (Phi) is 3.60. The van der Waals surface area contributed by atoms with E-state index in [1.54, 1.807) is 0 Å². The second-order valence-corrected chi connectivity index (χ2v) is 2.75. The predicted molar refractivity (Wildman–Crippen MR) is 49.3 cm³/mol. The van der Waals surface area contributed by atoms with E-state index in [1.807, 2.05) is 0 Å². The molecule has 5 heteroatoms. The average Bonchev–Trinajstić information content (AvgIpc) is 2.27. The highest BCUT2D eigenvalue weighted by molar-refractivity contribution is 5.91. The van der Waals surface area contributed by atoms with E-state index in [-0.39, 0.29) is 16.9 Å². The lowest BCUT2D eigenvalue weighted by molar-refractivity contribution is 0.0589. The minimum atomic E-state index is -2.74. The Hall–Kier alpha value is -1.65. The predicted octanol–water partition coefficient (Wildman–Crippen LogP) is 2.42. The number of esters is 1. The Morgan fingerprint density at radius 3 is 2.47 bits per heavy atom. The molecule has 0 atom stereocenters. The lowest BCUT2D eigenvalue weighted by atomic mass is 10.1. The van der Waals surface area contributed by atoms with Gasteiger partial charge in [-0.25, -0.2) is 13.6 Å². The largest absolute Gasteiger partial charge is 0.497 e. The summed E-state index contributed by atoms with van der Waals surface area (Å²) in [6.45, 7) is 0. The molecule has 0 amide bonds. The van der Waals surface area contributed by atoms with Crippen LogP contribution in [0, 0.1) is 0 Å². The number of hydrogen-bond donors (Lipinski definition) is 0. The van der Waals surface area contributed by atoms with Crippen molar-refractivity contribution in [2.24, 2.45) is 0 Å². The van der Waals surface area contributed by atoms with Crippen LogP contribution in [0.5, 0.6) is 5.75 Å². The number of rotatable bonds is 3. The molecule has 0 radical (unpaired) electrons. The maximum absolute atomic E-state index is 12.6. The van der Waals surface area contributed by atoms with Crippen molar-refractivity contribution < 1.29 is 23.0 Å². The lowest BCUT2D eigenvalue weighted by Crippen LogP contribution is -2.06. The van der Waals surface area contributed by atoms with Crippen LogP contribution in [0.3, 0.4) is 0 Å². The van der Waals surface area contributed by atoms with Crippen LogP contribution in [0.2, 0.25) is 0 Å². The summed E-state index contributed by atoms with van der Waals surface area (Å²) in [6, 6.07) is 3.81. The SMILES string of the molecule is COC(=O)c1ccc(OC)cc1C(F)F. The molecular formula is C10H10F2O3. The van der Waals surface area contributed by atoms with Crippen molar-refractivity contribution >= 4 is 5.97 Å². The van der Waals surface area contributed by atoms with Crippen LogP contribution in [0.25, 0.3) is 0 Å². The number of benzene rings is 1. The third kappa shape index (κ3) is 2.43. The molecule has 3 nitrogen and oxygen atoms in total. The van der Waals surface area contributed by atoms with E-state index in [0.717, 1.165) is 13.2 Å². The number of halogens is 2. The van der Waals surface area contributed by atoms with E-state index < -0.39 is 12.4 Å². The Morgan fingerprint density at radius 1 is 1.33 bits per heavy atom. The van der Waals surface area contributed by atoms with E-state index in [1.165, 1.54) is 19.2 Å². The minimum absolute atomic E-state index is 0.145. The van der Waals surface area contributed by atoms with Crippen LogP contribution >= 0.6 is 0 Å². The van der Waals surface area contributed by atoms with Gasteiger partial charge in [-0.3, -0.25) is 0 Å². The smallest absolute Gasteiger partial charge is 0.338 e. The molecule has 0 saturated heterocycles. The molecule has 0 aliphatic heterocycles. The monoisotopic (exact) mass is 216 g/mol. The highest BCUT2D eigenvalue weighted by Gasteiger charge is 2.19. The maximum atomic E-state index is 12.6. The molecule has 1 rings (SSSR count). The molecule has 0 fully saturated rings. The van der Waals surface area contributed by atoms with E-state index in [0.29, 0.717) is 0 Å². The van der Waals surface area contributed by atoms with E-state index in [4.69, 9.17) is 4.74 Å². The molecule has 0 N–H and O–H groups in total. The van der Waals surface area contributed by atoms with Gasteiger partial charge in [0.25, 0.3) is 6.43 Å². The van der Waals surface area contributed by atoms with Gasteiger partial charge >= 0.3 is 5.97 Å². The van der Waals surface area contributed by atoms with Crippen molar-refractivity contribution in [1.82, 2.24) is 0 Å². The zero-order valence-corrected chi connectivity index (χ0v) is 8.29. The first kappa shape index (κ1) is 11.4. The fourth-order valence-corrected chi connectivity index (χ4v) is 1.14. The summed E-state index contributed by atoms with van der Waals surface area (Å²) >= 11 is 0. The number of carbonyl (C=O) groups excluding carboxylic acids is 1. The average molecular weight is 216 g/mol. The molecule has 0 heterocycles. The first-order chi connectivity index (χ1) is 7.10. The van der Waals surface area contributed by atoms with Crippen LogP contribution < -0.4 is 4.74 Å².